The summed E-state index contributed by atoms with van der Waals surface area (Å²) in [5, 5.41) is 18.0. The van der Waals surface area contributed by atoms with Crippen molar-refractivity contribution < 1.29 is 5.11 Å². The van der Waals surface area contributed by atoms with E-state index in [4.69, 9.17) is 5.73 Å². The Bertz CT molecular complexity index is 400. The highest BCUT2D eigenvalue weighted by atomic mass is 16.3. The van der Waals surface area contributed by atoms with E-state index in [1.807, 2.05) is 13.8 Å². The van der Waals surface area contributed by atoms with Crippen LogP contribution in [-0.4, -0.2) is 34.5 Å². The molecule has 5 nitrogen and oxygen atoms in total. The second-order valence-electron chi connectivity index (χ2n) is 4.63. The lowest BCUT2D eigenvalue weighted by atomic mass is 10.1. The maximum atomic E-state index is 9.51. The maximum Gasteiger partial charge on any atom is 0.156 e. The molecule has 0 unspecified atom stereocenters. The largest absolute Gasteiger partial charge is 0.393 e. The predicted octanol–water partition coefficient (Wildman–Crippen LogP) is 0.513. The summed E-state index contributed by atoms with van der Waals surface area (Å²) in [6, 6.07) is 0. The third kappa shape index (κ3) is 2.40. The molecule has 1 aromatic heterocycles. The Labute approximate surface area is 102 Å². The second-order valence-corrected chi connectivity index (χ2v) is 4.63. The fourth-order valence-electron chi connectivity index (χ4n) is 2.22. The van der Waals surface area contributed by atoms with E-state index in [1.54, 1.807) is 0 Å². The van der Waals surface area contributed by atoms with Crippen molar-refractivity contribution in [1.82, 2.24) is 10.2 Å². The normalized spacial score (nSPS) is 17.5. The van der Waals surface area contributed by atoms with Gasteiger partial charge < -0.3 is 15.7 Å². The SMILES string of the molecule is Cc1nnc(N2CCC(O)CC2)c(CN)c1C. The van der Waals surface area contributed by atoms with E-state index in [2.05, 4.69) is 15.1 Å². The van der Waals surface area contributed by atoms with Gasteiger partial charge >= 0.3 is 0 Å². The van der Waals surface area contributed by atoms with E-state index in [0.29, 0.717) is 6.54 Å². The Morgan fingerprint density at radius 3 is 2.53 bits per heavy atom. The molecule has 1 aliphatic rings. The van der Waals surface area contributed by atoms with Gasteiger partial charge in [0.05, 0.1) is 11.8 Å². The molecule has 1 saturated heterocycles. The van der Waals surface area contributed by atoms with Crippen LogP contribution in [0.2, 0.25) is 0 Å². The van der Waals surface area contributed by atoms with Gasteiger partial charge in [-0.05, 0) is 32.3 Å². The van der Waals surface area contributed by atoms with Gasteiger partial charge in [0.1, 0.15) is 0 Å². The van der Waals surface area contributed by atoms with Crippen LogP contribution in [0.3, 0.4) is 0 Å². The zero-order chi connectivity index (χ0) is 12.4. The van der Waals surface area contributed by atoms with E-state index in [-0.39, 0.29) is 6.10 Å². The number of aliphatic hydroxyl groups excluding tert-OH is 1. The van der Waals surface area contributed by atoms with Gasteiger partial charge in [0.25, 0.3) is 0 Å². The average molecular weight is 236 g/mol. The molecule has 0 saturated carbocycles. The molecule has 0 spiro atoms. The van der Waals surface area contributed by atoms with Crippen molar-refractivity contribution in [3.8, 4) is 0 Å². The number of nitrogens with two attached hydrogens (primary N) is 1. The molecule has 3 N–H and O–H groups in total. The number of aliphatic hydroxyl groups is 1. The summed E-state index contributed by atoms with van der Waals surface area (Å²) in [5.41, 5.74) is 8.95. The van der Waals surface area contributed by atoms with E-state index in [0.717, 1.165) is 48.6 Å². The molecule has 94 valence electrons. The zero-order valence-corrected chi connectivity index (χ0v) is 10.5. The zero-order valence-electron chi connectivity index (χ0n) is 10.5. The lowest BCUT2D eigenvalue weighted by Gasteiger charge is -2.31. The molecule has 0 radical (unpaired) electrons. The minimum atomic E-state index is -0.174. The van der Waals surface area contributed by atoms with Crippen molar-refractivity contribution in [2.45, 2.75) is 39.3 Å². The molecule has 0 aliphatic carbocycles. The van der Waals surface area contributed by atoms with Crippen LogP contribution in [0.5, 0.6) is 0 Å². The Morgan fingerprint density at radius 1 is 1.29 bits per heavy atom. The quantitative estimate of drug-likeness (QED) is 0.782. The van der Waals surface area contributed by atoms with Crippen LogP contribution in [0, 0.1) is 13.8 Å². The summed E-state index contributed by atoms with van der Waals surface area (Å²) in [7, 11) is 0. The molecular formula is C12H20N4O. The van der Waals surface area contributed by atoms with Gasteiger partial charge in [-0.1, -0.05) is 0 Å². The van der Waals surface area contributed by atoms with Crippen molar-refractivity contribution in [2.75, 3.05) is 18.0 Å². The summed E-state index contributed by atoms with van der Waals surface area (Å²) < 4.78 is 0. The summed E-state index contributed by atoms with van der Waals surface area (Å²) in [6.45, 7) is 6.12. The van der Waals surface area contributed by atoms with E-state index in [9.17, 15) is 5.11 Å². The molecule has 0 atom stereocenters. The molecule has 0 bridgehead atoms. The van der Waals surface area contributed by atoms with Crippen LogP contribution in [0.15, 0.2) is 0 Å². The molecule has 5 heteroatoms. The van der Waals surface area contributed by atoms with Crippen molar-refractivity contribution in [1.29, 1.82) is 0 Å². The summed E-state index contributed by atoms with van der Waals surface area (Å²) in [6.07, 6.45) is 1.41. The summed E-state index contributed by atoms with van der Waals surface area (Å²) in [4.78, 5) is 2.17. The van der Waals surface area contributed by atoms with Gasteiger partial charge in [-0.3, -0.25) is 0 Å². The van der Waals surface area contributed by atoms with Crippen LogP contribution in [0.4, 0.5) is 5.82 Å². The first-order valence-corrected chi connectivity index (χ1v) is 6.09. The van der Waals surface area contributed by atoms with E-state index in [1.165, 1.54) is 0 Å². The Hall–Kier alpha value is -1.20. The number of rotatable bonds is 2. The van der Waals surface area contributed by atoms with Gasteiger partial charge in [0, 0.05) is 25.2 Å². The first-order valence-electron chi connectivity index (χ1n) is 6.09. The lowest BCUT2D eigenvalue weighted by Crippen LogP contribution is -2.37. The van der Waals surface area contributed by atoms with Crippen LogP contribution >= 0.6 is 0 Å². The third-order valence-corrected chi connectivity index (χ3v) is 3.53. The number of hydrogen-bond acceptors (Lipinski definition) is 5. The number of nitrogens with zero attached hydrogens (tertiary/aromatic N) is 3. The van der Waals surface area contributed by atoms with Gasteiger partial charge in [-0.15, -0.1) is 5.10 Å². The van der Waals surface area contributed by atoms with Crippen LogP contribution in [0.1, 0.15) is 29.7 Å². The lowest BCUT2D eigenvalue weighted by molar-refractivity contribution is 0.145. The molecular weight excluding hydrogens is 216 g/mol. The molecule has 1 aliphatic heterocycles. The Morgan fingerprint density at radius 2 is 1.94 bits per heavy atom. The number of piperidine rings is 1. The highest BCUT2D eigenvalue weighted by Gasteiger charge is 2.21. The minimum absolute atomic E-state index is 0.174. The highest BCUT2D eigenvalue weighted by Crippen LogP contribution is 2.24. The molecule has 0 aromatic carbocycles. The van der Waals surface area contributed by atoms with Gasteiger partial charge in [-0.2, -0.15) is 5.10 Å². The molecule has 1 aromatic rings. The second kappa shape index (κ2) is 4.98. The first kappa shape index (κ1) is 12.3. The first-order chi connectivity index (χ1) is 8.13. The Balaban J connectivity index is 2.29. The van der Waals surface area contributed by atoms with Crippen LogP contribution in [0.25, 0.3) is 0 Å². The van der Waals surface area contributed by atoms with Crippen LogP contribution < -0.4 is 10.6 Å². The minimum Gasteiger partial charge on any atom is -0.393 e. The molecule has 2 rings (SSSR count). The van der Waals surface area contributed by atoms with Crippen molar-refractivity contribution in [3.63, 3.8) is 0 Å². The molecule has 2 heterocycles. The fourth-order valence-corrected chi connectivity index (χ4v) is 2.22. The monoisotopic (exact) mass is 236 g/mol. The number of aromatic nitrogens is 2. The van der Waals surface area contributed by atoms with Gasteiger partial charge in [0.15, 0.2) is 5.82 Å². The van der Waals surface area contributed by atoms with Crippen molar-refractivity contribution >= 4 is 5.82 Å². The fraction of sp³-hybridized carbons (Fsp3) is 0.667. The highest BCUT2D eigenvalue weighted by molar-refractivity contribution is 5.50. The number of anilines is 1. The van der Waals surface area contributed by atoms with Crippen molar-refractivity contribution in [3.05, 3.63) is 16.8 Å². The van der Waals surface area contributed by atoms with E-state index < -0.39 is 0 Å². The van der Waals surface area contributed by atoms with Gasteiger partial charge in [0.2, 0.25) is 0 Å². The topological polar surface area (TPSA) is 75.3 Å². The standard InChI is InChI=1S/C12H20N4O/c1-8-9(2)14-15-12(11(8)7-13)16-5-3-10(17)4-6-16/h10,17H,3-7,13H2,1-2H3. The Kier molecular flexibility index (Phi) is 3.59. The third-order valence-electron chi connectivity index (χ3n) is 3.53. The predicted molar refractivity (Wildman–Crippen MR) is 66.9 cm³/mol. The smallest absolute Gasteiger partial charge is 0.156 e. The number of aryl methyl sites for hydroxylation is 1. The maximum absolute atomic E-state index is 9.51. The van der Waals surface area contributed by atoms with Crippen LogP contribution in [-0.2, 0) is 6.54 Å². The average Bonchev–Trinajstić information content (AvgIpc) is 2.34. The van der Waals surface area contributed by atoms with Gasteiger partial charge in [-0.25, -0.2) is 0 Å². The van der Waals surface area contributed by atoms with Crippen molar-refractivity contribution in [2.24, 2.45) is 5.73 Å². The molecule has 1 fully saturated rings. The molecule has 17 heavy (non-hydrogen) atoms. The molecule has 0 amide bonds. The number of hydrogen-bond donors (Lipinski definition) is 2. The summed E-state index contributed by atoms with van der Waals surface area (Å²) >= 11 is 0. The van der Waals surface area contributed by atoms with E-state index >= 15 is 0 Å². The summed E-state index contributed by atoms with van der Waals surface area (Å²) in [5.74, 6) is 0.891.